The third-order valence-corrected chi connectivity index (χ3v) is 9.89. The molecule has 1 atom stereocenters. The van der Waals surface area contributed by atoms with E-state index in [0.717, 1.165) is 44.2 Å². The van der Waals surface area contributed by atoms with Crippen LogP contribution in [-0.4, -0.2) is 12.2 Å². The van der Waals surface area contributed by atoms with Crippen molar-refractivity contribution in [1.29, 1.82) is 0 Å². The fraction of sp³-hybridized carbons (Fsp3) is 0.100. The molecule has 49 heavy (non-hydrogen) atoms. The molecule has 1 aromatic heterocycles. The van der Waals surface area contributed by atoms with Gasteiger partial charge >= 0.3 is 8.24 Å². The van der Waals surface area contributed by atoms with Crippen LogP contribution < -0.4 is 18.3 Å². The Morgan fingerprint density at radius 1 is 0.571 bits per heavy atom. The van der Waals surface area contributed by atoms with Gasteiger partial charge in [0.2, 0.25) is 0 Å². The summed E-state index contributed by atoms with van der Waals surface area (Å²) in [7, 11) is -0.703. The van der Waals surface area contributed by atoms with Crippen LogP contribution in [0.2, 0.25) is 0 Å². The van der Waals surface area contributed by atoms with Crippen LogP contribution >= 0.6 is 17.3 Å². The number of aromatic hydroxyl groups is 1. The minimum atomic E-state index is -1.89. The van der Waals surface area contributed by atoms with Crippen LogP contribution in [0, 0.1) is 20.8 Å². The van der Waals surface area contributed by atoms with Crippen molar-refractivity contribution in [2.75, 3.05) is 7.11 Å². The SMILES string of the molecule is COc1cc(C)cc(-c2cc(C)c(C)cc2Op2oc3ccccc3c3ccccc3o2)c1OPOc1ccccc1-c1ccccc1O. The Hall–Kier alpha value is -5.35. The topological polar surface area (TPSA) is 83.4 Å². The summed E-state index contributed by atoms with van der Waals surface area (Å²) in [6.07, 6.45) is 0. The van der Waals surface area contributed by atoms with Gasteiger partial charge < -0.3 is 31.8 Å². The van der Waals surface area contributed by atoms with E-state index in [9.17, 15) is 5.11 Å². The molecular weight excluding hydrogens is 654 g/mol. The number of para-hydroxylation sites is 4. The maximum absolute atomic E-state index is 10.5. The van der Waals surface area contributed by atoms with Gasteiger partial charge in [0, 0.05) is 33.0 Å². The molecule has 7 rings (SSSR count). The lowest BCUT2D eigenvalue weighted by atomic mass is 9.97. The van der Waals surface area contributed by atoms with Crippen LogP contribution in [0.15, 0.2) is 130 Å². The molecule has 0 aliphatic rings. The number of hydrogen-bond acceptors (Lipinski definition) is 7. The molecule has 0 aliphatic carbocycles. The molecule has 0 bridgehead atoms. The lowest BCUT2D eigenvalue weighted by Crippen LogP contribution is -1.97. The first-order valence-corrected chi connectivity index (χ1v) is 17.6. The predicted octanol–water partition coefficient (Wildman–Crippen LogP) is 12.1. The van der Waals surface area contributed by atoms with Crippen molar-refractivity contribution < 1.29 is 31.8 Å². The molecule has 7 nitrogen and oxygen atoms in total. The summed E-state index contributed by atoms with van der Waals surface area (Å²) >= 11 is 0. The monoisotopic (exact) mass is 688 g/mol. The summed E-state index contributed by atoms with van der Waals surface area (Å²) in [4.78, 5) is 0. The second-order valence-electron chi connectivity index (χ2n) is 11.6. The van der Waals surface area contributed by atoms with E-state index in [1.54, 1.807) is 19.2 Å². The van der Waals surface area contributed by atoms with Crippen LogP contribution in [0.4, 0.5) is 0 Å². The maximum Gasteiger partial charge on any atom is 0.453 e. The molecule has 0 fully saturated rings. The van der Waals surface area contributed by atoms with Crippen molar-refractivity contribution in [3.05, 3.63) is 138 Å². The summed E-state index contributed by atoms with van der Waals surface area (Å²) < 4.78 is 37.9. The Morgan fingerprint density at radius 3 is 1.88 bits per heavy atom. The Kier molecular flexibility index (Phi) is 9.21. The lowest BCUT2D eigenvalue weighted by molar-refractivity contribution is 0.394. The molecule has 1 heterocycles. The highest BCUT2D eigenvalue weighted by molar-refractivity contribution is 7.32. The van der Waals surface area contributed by atoms with Gasteiger partial charge in [-0.1, -0.05) is 72.8 Å². The van der Waals surface area contributed by atoms with Crippen molar-refractivity contribution >= 4 is 39.2 Å². The van der Waals surface area contributed by atoms with E-state index < -0.39 is 17.3 Å². The third-order valence-electron chi connectivity index (χ3n) is 8.26. The summed E-state index contributed by atoms with van der Waals surface area (Å²) in [6.45, 7) is 6.12. The first-order chi connectivity index (χ1) is 23.9. The first kappa shape index (κ1) is 32.2. The Labute approximate surface area is 287 Å². The molecule has 9 heteroatoms. The zero-order chi connectivity index (χ0) is 33.9. The van der Waals surface area contributed by atoms with Gasteiger partial charge in [0.05, 0.1) is 7.11 Å². The number of hydrogen-bond donors (Lipinski definition) is 1. The molecule has 0 radical (unpaired) electrons. The van der Waals surface area contributed by atoms with Gasteiger partial charge in [0.15, 0.2) is 11.5 Å². The molecule has 0 aliphatic heterocycles. The molecule has 0 spiro atoms. The van der Waals surface area contributed by atoms with Gasteiger partial charge in [-0.15, -0.1) is 0 Å². The number of phenolic OH excluding ortho intramolecular Hbond substituents is 1. The second-order valence-corrected chi connectivity index (χ2v) is 13.1. The molecular formula is C40H34O7P2. The first-order valence-electron chi connectivity index (χ1n) is 15.7. The van der Waals surface area contributed by atoms with Crippen LogP contribution in [0.3, 0.4) is 0 Å². The molecule has 0 saturated heterocycles. The van der Waals surface area contributed by atoms with Crippen molar-refractivity contribution in [2.45, 2.75) is 20.8 Å². The number of ether oxygens (including phenoxy) is 1. The van der Waals surface area contributed by atoms with Gasteiger partial charge in [-0.05, 0) is 86.0 Å². The number of fused-ring (bicyclic) bond motifs is 3. The molecule has 1 N–H and O–H groups in total. The third kappa shape index (κ3) is 6.69. The van der Waals surface area contributed by atoms with Gasteiger partial charge in [-0.2, -0.15) is 0 Å². The molecule has 0 amide bonds. The highest BCUT2D eigenvalue weighted by Gasteiger charge is 2.21. The average Bonchev–Trinajstić information content (AvgIpc) is 3.27. The molecule has 6 aromatic carbocycles. The van der Waals surface area contributed by atoms with Gasteiger partial charge in [0.25, 0.3) is 9.03 Å². The minimum absolute atomic E-state index is 0.169. The minimum Gasteiger partial charge on any atom is -0.507 e. The fourth-order valence-corrected chi connectivity index (χ4v) is 7.36. The fourth-order valence-electron chi connectivity index (χ4n) is 5.69. The lowest BCUT2D eigenvalue weighted by Gasteiger charge is -2.19. The van der Waals surface area contributed by atoms with E-state index >= 15 is 0 Å². The maximum atomic E-state index is 10.5. The molecule has 1 unspecified atom stereocenters. The van der Waals surface area contributed by atoms with Gasteiger partial charge in [-0.25, -0.2) is 0 Å². The largest absolute Gasteiger partial charge is 0.507 e. The summed E-state index contributed by atoms with van der Waals surface area (Å²) in [5.41, 5.74) is 7.47. The highest BCUT2D eigenvalue weighted by atomic mass is 31.1. The van der Waals surface area contributed by atoms with E-state index in [1.807, 2.05) is 117 Å². The summed E-state index contributed by atoms with van der Waals surface area (Å²) in [5.74, 6) is 2.39. The number of aryl methyl sites for hydroxylation is 3. The quantitative estimate of drug-likeness (QED) is 0.151. The number of benzene rings is 6. The summed E-state index contributed by atoms with van der Waals surface area (Å²) in [5, 5.41) is 12.4. The zero-order valence-electron chi connectivity index (χ0n) is 27.4. The molecule has 7 aromatic rings. The van der Waals surface area contributed by atoms with Crippen LogP contribution in [0.25, 0.3) is 44.2 Å². The van der Waals surface area contributed by atoms with Crippen LogP contribution in [-0.2, 0) is 0 Å². The van der Waals surface area contributed by atoms with E-state index in [4.69, 9.17) is 26.7 Å². The number of rotatable bonds is 9. The van der Waals surface area contributed by atoms with Gasteiger partial charge in [0.1, 0.15) is 28.4 Å². The van der Waals surface area contributed by atoms with Crippen LogP contribution in [0.1, 0.15) is 16.7 Å². The van der Waals surface area contributed by atoms with Crippen molar-refractivity contribution in [3.8, 4) is 51.0 Å². The van der Waals surface area contributed by atoms with Gasteiger partial charge in [-0.3, -0.25) is 0 Å². The van der Waals surface area contributed by atoms with E-state index in [0.29, 0.717) is 39.7 Å². The Morgan fingerprint density at radius 2 is 1.18 bits per heavy atom. The van der Waals surface area contributed by atoms with Crippen molar-refractivity contribution in [1.82, 2.24) is 0 Å². The van der Waals surface area contributed by atoms with Crippen molar-refractivity contribution in [2.24, 2.45) is 0 Å². The molecule has 0 saturated carbocycles. The summed E-state index contributed by atoms with van der Waals surface area (Å²) in [6, 6.07) is 38.5. The number of phenols is 1. The standard InChI is InChI=1S/C40H34O7P2/c1-25-21-33(40(39(22-25)42-4)44-48-43-35-18-10-6-14-29(35)28-13-5-9-17-34(28)41)32-23-26(2)27(3)24-38(32)47-49-45-36-19-11-7-15-30(36)31-16-8-12-20-37(31)46-49/h5-24,41,48H,1-4H3. The average molecular weight is 689 g/mol. The van der Waals surface area contributed by atoms with Crippen LogP contribution in [0.5, 0.6) is 28.7 Å². The van der Waals surface area contributed by atoms with E-state index in [2.05, 4.69) is 13.0 Å². The molecule has 246 valence electrons. The Balaban J connectivity index is 1.29. The predicted molar refractivity (Wildman–Crippen MR) is 198 cm³/mol. The smallest absolute Gasteiger partial charge is 0.453 e. The normalized spacial score (nSPS) is 11.3. The Bertz CT molecular complexity index is 2290. The van der Waals surface area contributed by atoms with Crippen molar-refractivity contribution in [3.63, 3.8) is 0 Å². The number of methoxy groups -OCH3 is 1. The second kappa shape index (κ2) is 14.0. The van der Waals surface area contributed by atoms with E-state index in [-0.39, 0.29) is 5.75 Å². The zero-order valence-corrected chi connectivity index (χ0v) is 29.3. The highest BCUT2D eigenvalue weighted by Crippen LogP contribution is 2.49. The van der Waals surface area contributed by atoms with E-state index in [1.165, 1.54) is 0 Å².